The predicted molar refractivity (Wildman–Crippen MR) is 94.3 cm³/mol. The normalized spacial score (nSPS) is 25.5. The lowest BCUT2D eigenvalue weighted by Gasteiger charge is -2.38. The van der Waals surface area contributed by atoms with Crippen LogP contribution >= 0.6 is 34.8 Å². The van der Waals surface area contributed by atoms with Gasteiger partial charge in [-0.15, -0.1) is 0 Å². The second-order valence-corrected chi connectivity index (χ2v) is 7.16. The van der Waals surface area contributed by atoms with Gasteiger partial charge in [0.2, 0.25) is 0 Å². The van der Waals surface area contributed by atoms with Crippen molar-refractivity contribution in [3.05, 3.63) is 74.7 Å². The maximum Gasteiger partial charge on any atom is 0.0554 e. The van der Waals surface area contributed by atoms with E-state index in [9.17, 15) is 0 Å². The number of fused-ring (bicyclic) bond motifs is 3. The van der Waals surface area contributed by atoms with Crippen molar-refractivity contribution < 1.29 is 0 Å². The molecule has 2 aromatic rings. The number of allylic oxidation sites excluding steroid dienone is 2. The van der Waals surface area contributed by atoms with Crippen LogP contribution in [0.5, 0.6) is 0 Å². The van der Waals surface area contributed by atoms with Crippen LogP contribution in [0.25, 0.3) is 0 Å². The number of anilines is 1. The molecule has 0 fully saturated rings. The molecule has 1 aliphatic heterocycles. The van der Waals surface area contributed by atoms with Gasteiger partial charge in [0.1, 0.15) is 0 Å². The molecule has 0 spiro atoms. The second-order valence-electron chi connectivity index (χ2n) is 5.88. The van der Waals surface area contributed by atoms with Crippen molar-refractivity contribution in [1.29, 1.82) is 0 Å². The van der Waals surface area contributed by atoms with Crippen molar-refractivity contribution in [2.24, 2.45) is 5.92 Å². The fourth-order valence-electron chi connectivity index (χ4n) is 3.67. The summed E-state index contributed by atoms with van der Waals surface area (Å²) in [6, 6.07) is 12.1. The molecule has 112 valence electrons. The topological polar surface area (TPSA) is 12.0 Å². The largest absolute Gasteiger partial charge is 0.378 e. The summed E-state index contributed by atoms with van der Waals surface area (Å²) in [5.41, 5.74) is 3.38. The molecule has 0 radical (unpaired) electrons. The van der Waals surface area contributed by atoms with Crippen LogP contribution in [0.4, 0.5) is 5.69 Å². The first kappa shape index (κ1) is 14.4. The number of hydrogen-bond donors (Lipinski definition) is 1. The first-order chi connectivity index (χ1) is 10.6. The van der Waals surface area contributed by atoms with Gasteiger partial charge in [0.05, 0.1) is 6.04 Å². The average molecular weight is 351 g/mol. The molecule has 0 amide bonds. The van der Waals surface area contributed by atoms with E-state index in [0.29, 0.717) is 16.9 Å². The van der Waals surface area contributed by atoms with E-state index in [0.717, 1.165) is 27.7 Å². The van der Waals surface area contributed by atoms with Crippen molar-refractivity contribution in [2.75, 3.05) is 5.32 Å². The quantitative estimate of drug-likeness (QED) is 0.581. The van der Waals surface area contributed by atoms with Crippen LogP contribution in [0.15, 0.2) is 48.6 Å². The third kappa shape index (κ3) is 2.32. The summed E-state index contributed by atoms with van der Waals surface area (Å²) in [6.45, 7) is 0. The summed E-state index contributed by atoms with van der Waals surface area (Å²) in [5, 5.41) is 5.78. The number of hydrogen-bond acceptors (Lipinski definition) is 1. The van der Waals surface area contributed by atoms with Crippen molar-refractivity contribution in [3.63, 3.8) is 0 Å². The average Bonchev–Trinajstić information content (AvgIpc) is 2.94. The first-order valence-corrected chi connectivity index (χ1v) is 8.44. The summed E-state index contributed by atoms with van der Waals surface area (Å²) in [4.78, 5) is 0. The number of halogens is 3. The molecule has 1 nitrogen and oxygen atoms in total. The highest BCUT2D eigenvalue weighted by atomic mass is 35.5. The molecule has 3 atom stereocenters. The van der Waals surface area contributed by atoms with Crippen molar-refractivity contribution in [1.82, 2.24) is 0 Å². The zero-order valence-corrected chi connectivity index (χ0v) is 14.0. The maximum atomic E-state index is 6.45. The highest BCUT2D eigenvalue weighted by molar-refractivity contribution is 6.35. The van der Waals surface area contributed by atoms with E-state index in [1.165, 1.54) is 5.56 Å². The lowest BCUT2D eigenvalue weighted by atomic mass is 9.77. The van der Waals surface area contributed by atoms with Crippen LogP contribution in [-0.4, -0.2) is 0 Å². The SMILES string of the molecule is Clc1cccc([C@@H]2Nc3cc(Cl)cc(Cl)c3[C@H]3C=CC[C@H]32)c1. The van der Waals surface area contributed by atoms with Crippen molar-refractivity contribution in [3.8, 4) is 0 Å². The fourth-order valence-corrected chi connectivity index (χ4v) is 4.49. The Balaban J connectivity index is 1.84. The molecule has 1 N–H and O–H groups in total. The Morgan fingerprint density at radius 2 is 1.86 bits per heavy atom. The van der Waals surface area contributed by atoms with Crippen LogP contribution in [0, 0.1) is 5.92 Å². The molecule has 2 aromatic carbocycles. The highest BCUT2D eigenvalue weighted by Gasteiger charge is 2.39. The van der Waals surface area contributed by atoms with Gasteiger partial charge in [-0.25, -0.2) is 0 Å². The molecule has 4 heteroatoms. The maximum absolute atomic E-state index is 6.45. The molecule has 0 saturated heterocycles. The van der Waals surface area contributed by atoms with Crippen molar-refractivity contribution >= 4 is 40.5 Å². The molecular formula is C18H14Cl3N. The van der Waals surface area contributed by atoms with Crippen LogP contribution in [0.3, 0.4) is 0 Å². The van der Waals surface area contributed by atoms with E-state index in [-0.39, 0.29) is 6.04 Å². The van der Waals surface area contributed by atoms with Crippen LogP contribution in [0.2, 0.25) is 15.1 Å². The minimum atomic E-state index is 0.209. The van der Waals surface area contributed by atoms with E-state index in [4.69, 9.17) is 34.8 Å². The lowest BCUT2D eigenvalue weighted by molar-refractivity contribution is 0.426. The van der Waals surface area contributed by atoms with Crippen LogP contribution < -0.4 is 5.32 Å². The summed E-state index contributed by atoms with van der Waals surface area (Å²) in [6.07, 6.45) is 5.55. The van der Waals surface area contributed by atoms with Crippen LogP contribution in [0.1, 0.15) is 29.5 Å². The monoisotopic (exact) mass is 349 g/mol. The van der Waals surface area contributed by atoms with E-state index < -0.39 is 0 Å². The molecule has 0 unspecified atom stereocenters. The van der Waals surface area contributed by atoms with Gasteiger partial charge in [0.15, 0.2) is 0 Å². The minimum Gasteiger partial charge on any atom is -0.378 e. The summed E-state index contributed by atoms with van der Waals surface area (Å²) in [5.74, 6) is 0.773. The Morgan fingerprint density at radius 3 is 2.68 bits per heavy atom. The zero-order valence-electron chi connectivity index (χ0n) is 11.7. The standard InChI is InChI=1S/C18H14Cl3N/c19-11-4-1-3-10(7-11)18-14-6-2-5-13(14)17-15(21)8-12(20)9-16(17)22-18/h1-5,7-9,13-14,18,22H,6H2/t13-,14+,18-/m0/s1. The van der Waals surface area contributed by atoms with E-state index in [1.54, 1.807) is 0 Å². The van der Waals surface area contributed by atoms with Gasteiger partial charge < -0.3 is 5.32 Å². The molecule has 1 aliphatic carbocycles. The third-order valence-corrected chi connectivity index (χ3v) is 5.35. The number of rotatable bonds is 1. The van der Waals surface area contributed by atoms with Crippen LogP contribution in [-0.2, 0) is 0 Å². The molecule has 0 aromatic heterocycles. The Hall–Kier alpha value is -1.15. The van der Waals surface area contributed by atoms with E-state index in [2.05, 4.69) is 23.5 Å². The van der Waals surface area contributed by atoms with E-state index in [1.807, 2.05) is 30.3 Å². The lowest BCUT2D eigenvalue weighted by Crippen LogP contribution is -2.29. The van der Waals surface area contributed by atoms with Gasteiger partial charge in [0.25, 0.3) is 0 Å². The molecule has 0 bridgehead atoms. The minimum absolute atomic E-state index is 0.209. The van der Waals surface area contributed by atoms with Gasteiger partial charge >= 0.3 is 0 Å². The second kappa shape index (κ2) is 5.49. The Labute approximate surface area is 144 Å². The molecular weight excluding hydrogens is 337 g/mol. The summed E-state index contributed by atoms with van der Waals surface area (Å²) < 4.78 is 0. The molecule has 0 saturated carbocycles. The van der Waals surface area contributed by atoms with Gasteiger partial charge in [-0.3, -0.25) is 0 Å². The fraction of sp³-hybridized carbons (Fsp3) is 0.222. The van der Waals surface area contributed by atoms with Gasteiger partial charge in [-0.1, -0.05) is 59.1 Å². The van der Waals surface area contributed by atoms with Gasteiger partial charge in [-0.05, 0) is 42.2 Å². The molecule has 4 rings (SSSR count). The highest BCUT2D eigenvalue weighted by Crippen LogP contribution is 2.52. The van der Waals surface area contributed by atoms with Crippen molar-refractivity contribution in [2.45, 2.75) is 18.4 Å². The summed E-state index contributed by atoms with van der Waals surface area (Å²) in [7, 11) is 0. The van der Waals surface area contributed by atoms with Gasteiger partial charge in [0, 0.05) is 32.2 Å². The Kier molecular flexibility index (Phi) is 3.60. The smallest absolute Gasteiger partial charge is 0.0554 e. The predicted octanol–water partition coefficient (Wildman–Crippen LogP) is 6.47. The van der Waals surface area contributed by atoms with E-state index >= 15 is 0 Å². The Bertz CT molecular complexity index is 769. The summed E-state index contributed by atoms with van der Waals surface area (Å²) >= 11 is 18.8. The van der Waals surface area contributed by atoms with Gasteiger partial charge in [-0.2, -0.15) is 0 Å². The zero-order chi connectivity index (χ0) is 15.3. The number of benzene rings is 2. The first-order valence-electron chi connectivity index (χ1n) is 7.31. The third-order valence-electron chi connectivity index (χ3n) is 4.59. The molecule has 22 heavy (non-hydrogen) atoms. The molecule has 2 aliphatic rings. The molecule has 1 heterocycles. The number of nitrogens with one attached hydrogen (secondary N) is 1. The Morgan fingerprint density at radius 1 is 1.00 bits per heavy atom.